The van der Waals surface area contributed by atoms with Crippen molar-refractivity contribution in [2.75, 3.05) is 0 Å². The molecule has 0 bridgehead atoms. The maximum absolute atomic E-state index is 11.8. The first-order valence-electron chi connectivity index (χ1n) is 6.80. The number of nitrogens with zero attached hydrogens (tertiary/aromatic N) is 1. The number of carbonyl (C=O) groups excluding carboxylic acids is 1. The average Bonchev–Trinajstić information content (AvgIpc) is 2.54. The largest absolute Gasteiger partial charge is 0.480 e. The Morgan fingerprint density at radius 3 is 2.59 bits per heavy atom. The molecular formula is C17H16N2O3. The van der Waals surface area contributed by atoms with Crippen molar-refractivity contribution in [3.8, 4) is 0 Å². The van der Waals surface area contributed by atoms with Gasteiger partial charge in [0, 0.05) is 24.9 Å². The molecule has 1 unspecified atom stereocenters. The van der Waals surface area contributed by atoms with Gasteiger partial charge in [-0.3, -0.25) is 9.78 Å². The van der Waals surface area contributed by atoms with Crippen LogP contribution in [-0.4, -0.2) is 28.0 Å². The number of carbonyl (C=O) groups is 2. The lowest BCUT2D eigenvalue weighted by atomic mass is 10.1. The lowest BCUT2D eigenvalue weighted by Crippen LogP contribution is -2.41. The van der Waals surface area contributed by atoms with E-state index in [0.717, 1.165) is 11.1 Å². The van der Waals surface area contributed by atoms with E-state index in [0.29, 0.717) is 0 Å². The van der Waals surface area contributed by atoms with Gasteiger partial charge in [0.05, 0.1) is 0 Å². The van der Waals surface area contributed by atoms with Crippen molar-refractivity contribution in [3.05, 3.63) is 72.1 Å². The number of benzene rings is 1. The third-order valence-electron chi connectivity index (χ3n) is 3.01. The highest BCUT2D eigenvalue weighted by Crippen LogP contribution is 2.04. The summed E-state index contributed by atoms with van der Waals surface area (Å²) >= 11 is 0. The molecular weight excluding hydrogens is 280 g/mol. The smallest absolute Gasteiger partial charge is 0.326 e. The van der Waals surface area contributed by atoms with E-state index in [1.165, 1.54) is 6.08 Å². The molecule has 0 aliphatic rings. The second kappa shape index (κ2) is 7.73. The Bertz CT molecular complexity index is 654. The highest BCUT2D eigenvalue weighted by molar-refractivity contribution is 5.94. The maximum Gasteiger partial charge on any atom is 0.326 e. The van der Waals surface area contributed by atoms with Gasteiger partial charge in [-0.05, 0) is 23.3 Å². The molecule has 0 radical (unpaired) electrons. The van der Waals surface area contributed by atoms with Crippen LogP contribution in [0, 0.1) is 0 Å². The molecule has 0 spiro atoms. The fourth-order valence-corrected chi connectivity index (χ4v) is 1.92. The molecule has 2 rings (SSSR count). The number of amides is 1. The summed E-state index contributed by atoms with van der Waals surface area (Å²) in [5.74, 6) is -1.51. The number of carboxylic acids is 1. The molecule has 1 heterocycles. The Kier molecular flexibility index (Phi) is 5.43. The second-order valence-electron chi connectivity index (χ2n) is 4.71. The number of carboxylic acid groups (broad SMARTS) is 1. The predicted octanol–water partition coefficient (Wildman–Crippen LogP) is 1.91. The van der Waals surface area contributed by atoms with E-state index >= 15 is 0 Å². The van der Waals surface area contributed by atoms with Crippen molar-refractivity contribution in [3.63, 3.8) is 0 Å². The molecule has 0 saturated carbocycles. The van der Waals surface area contributed by atoms with Crippen LogP contribution in [0.5, 0.6) is 0 Å². The number of aliphatic carboxylic acids is 1. The van der Waals surface area contributed by atoms with E-state index < -0.39 is 17.9 Å². The zero-order valence-corrected chi connectivity index (χ0v) is 11.8. The van der Waals surface area contributed by atoms with Crippen LogP contribution in [0.3, 0.4) is 0 Å². The van der Waals surface area contributed by atoms with Crippen molar-refractivity contribution in [1.29, 1.82) is 0 Å². The fourth-order valence-electron chi connectivity index (χ4n) is 1.92. The number of hydrogen-bond donors (Lipinski definition) is 2. The molecule has 0 aliphatic carbocycles. The molecule has 2 aromatic rings. The quantitative estimate of drug-likeness (QED) is 0.798. The van der Waals surface area contributed by atoms with Crippen molar-refractivity contribution in [2.24, 2.45) is 0 Å². The minimum Gasteiger partial charge on any atom is -0.480 e. The lowest BCUT2D eigenvalue weighted by molar-refractivity contribution is -0.141. The minimum atomic E-state index is -1.06. The van der Waals surface area contributed by atoms with Crippen molar-refractivity contribution in [1.82, 2.24) is 10.3 Å². The van der Waals surface area contributed by atoms with Gasteiger partial charge in [0.2, 0.25) is 5.91 Å². The summed E-state index contributed by atoms with van der Waals surface area (Å²) < 4.78 is 0. The van der Waals surface area contributed by atoms with Gasteiger partial charge >= 0.3 is 5.97 Å². The first-order valence-corrected chi connectivity index (χ1v) is 6.80. The van der Waals surface area contributed by atoms with Crippen LogP contribution in [-0.2, 0) is 16.0 Å². The predicted molar refractivity (Wildman–Crippen MR) is 83.0 cm³/mol. The first kappa shape index (κ1) is 15.4. The van der Waals surface area contributed by atoms with Gasteiger partial charge in [0.15, 0.2) is 0 Å². The van der Waals surface area contributed by atoms with Crippen LogP contribution in [0.25, 0.3) is 6.08 Å². The molecule has 0 aliphatic heterocycles. The van der Waals surface area contributed by atoms with Gasteiger partial charge in [-0.1, -0.05) is 36.4 Å². The van der Waals surface area contributed by atoms with Crippen LogP contribution in [0.15, 0.2) is 60.9 Å². The standard InChI is InChI=1S/C17H16N2O3/c20-16(9-8-14-7-4-10-18-12-14)19-15(17(21)22)11-13-5-2-1-3-6-13/h1-10,12,15H,11H2,(H,19,20)(H,21,22). The topological polar surface area (TPSA) is 79.3 Å². The third-order valence-corrected chi connectivity index (χ3v) is 3.01. The number of rotatable bonds is 6. The summed E-state index contributed by atoms with van der Waals surface area (Å²) in [7, 11) is 0. The number of hydrogen-bond acceptors (Lipinski definition) is 3. The van der Waals surface area contributed by atoms with Crippen molar-refractivity contribution >= 4 is 18.0 Å². The average molecular weight is 296 g/mol. The molecule has 0 fully saturated rings. The number of aromatic nitrogens is 1. The molecule has 5 heteroatoms. The van der Waals surface area contributed by atoms with E-state index in [1.807, 2.05) is 30.3 Å². The maximum atomic E-state index is 11.8. The highest BCUT2D eigenvalue weighted by atomic mass is 16.4. The molecule has 5 nitrogen and oxygen atoms in total. The second-order valence-corrected chi connectivity index (χ2v) is 4.71. The van der Waals surface area contributed by atoms with Crippen LogP contribution in [0.4, 0.5) is 0 Å². The Hall–Kier alpha value is -2.95. The highest BCUT2D eigenvalue weighted by Gasteiger charge is 2.19. The summed E-state index contributed by atoms with van der Waals surface area (Å²) in [6.45, 7) is 0. The number of pyridine rings is 1. The Morgan fingerprint density at radius 2 is 1.95 bits per heavy atom. The minimum absolute atomic E-state index is 0.239. The van der Waals surface area contributed by atoms with Crippen LogP contribution >= 0.6 is 0 Å². The Balaban J connectivity index is 1.97. The summed E-state index contributed by atoms with van der Waals surface area (Å²) in [5.41, 5.74) is 1.62. The SMILES string of the molecule is O=C(C=Cc1cccnc1)NC(Cc1ccccc1)C(=O)O. The zero-order valence-electron chi connectivity index (χ0n) is 11.8. The van der Waals surface area contributed by atoms with E-state index in [9.17, 15) is 14.7 Å². The fraction of sp³-hybridized carbons (Fsp3) is 0.118. The lowest BCUT2D eigenvalue weighted by Gasteiger charge is -2.13. The van der Waals surface area contributed by atoms with Crippen molar-refractivity contribution < 1.29 is 14.7 Å². The summed E-state index contributed by atoms with van der Waals surface area (Å²) in [4.78, 5) is 27.0. The van der Waals surface area contributed by atoms with E-state index in [4.69, 9.17) is 0 Å². The van der Waals surface area contributed by atoms with E-state index in [2.05, 4.69) is 10.3 Å². The monoisotopic (exact) mass is 296 g/mol. The van der Waals surface area contributed by atoms with Gasteiger partial charge in [0.25, 0.3) is 0 Å². The van der Waals surface area contributed by atoms with E-state index in [-0.39, 0.29) is 6.42 Å². The van der Waals surface area contributed by atoms with Crippen LogP contribution in [0.2, 0.25) is 0 Å². The number of nitrogens with one attached hydrogen (secondary N) is 1. The van der Waals surface area contributed by atoms with Crippen LogP contribution < -0.4 is 5.32 Å². The van der Waals surface area contributed by atoms with Gasteiger partial charge in [-0.15, -0.1) is 0 Å². The van der Waals surface area contributed by atoms with Crippen LogP contribution in [0.1, 0.15) is 11.1 Å². The van der Waals surface area contributed by atoms with Gasteiger partial charge < -0.3 is 10.4 Å². The summed E-state index contributed by atoms with van der Waals surface area (Å²) in [5, 5.41) is 11.7. The summed E-state index contributed by atoms with van der Waals surface area (Å²) in [6, 6.07) is 11.8. The Labute approximate surface area is 128 Å². The molecule has 0 saturated heterocycles. The Morgan fingerprint density at radius 1 is 1.18 bits per heavy atom. The molecule has 1 aromatic heterocycles. The third kappa shape index (κ3) is 4.86. The molecule has 2 N–H and O–H groups in total. The molecule has 1 amide bonds. The molecule has 22 heavy (non-hydrogen) atoms. The van der Waals surface area contributed by atoms with Gasteiger partial charge in [0.1, 0.15) is 6.04 Å². The van der Waals surface area contributed by atoms with Gasteiger partial charge in [-0.25, -0.2) is 4.79 Å². The molecule has 1 aromatic carbocycles. The first-order chi connectivity index (χ1) is 10.6. The molecule has 1 atom stereocenters. The zero-order chi connectivity index (χ0) is 15.8. The van der Waals surface area contributed by atoms with Gasteiger partial charge in [-0.2, -0.15) is 0 Å². The normalized spacial score (nSPS) is 12.0. The van der Waals surface area contributed by atoms with Crippen molar-refractivity contribution in [2.45, 2.75) is 12.5 Å². The molecule has 112 valence electrons. The summed E-state index contributed by atoms with van der Waals surface area (Å²) in [6.07, 6.45) is 6.38. The van der Waals surface area contributed by atoms with E-state index in [1.54, 1.807) is 30.6 Å².